The molecule has 0 unspecified atom stereocenters. The summed E-state index contributed by atoms with van der Waals surface area (Å²) < 4.78 is 19.2. The highest BCUT2D eigenvalue weighted by atomic mass is 32.2. The zero-order valence-electron chi connectivity index (χ0n) is 19.4. The molecule has 2 aromatic carbocycles. The molecule has 2 heterocycles. The monoisotopic (exact) mass is 467 g/mol. The number of benzene rings is 2. The van der Waals surface area contributed by atoms with Gasteiger partial charge in [0, 0.05) is 22.6 Å². The van der Waals surface area contributed by atoms with E-state index >= 15 is 0 Å². The lowest BCUT2D eigenvalue weighted by Gasteiger charge is -2.17. The van der Waals surface area contributed by atoms with Crippen LogP contribution >= 0.6 is 11.8 Å². The quantitative estimate of drug-likeness (QED) is 0.456. The molecule has 8 heteroatoms. The minimum atomic E-state index is -0.255. The molecular weight excluding hydrogens is 438 g/mol. The first kappa shape index (κ1) is 23.0. The molecule has 0 bridgehead atoms. The average Bonchev–Trinajstić information content (AvgIpc) is 3.39. The second-order valence-corrected chi connectivity index (χ2v) is 8.51. The van der Waals surface area contributed by atoms with E-state index in [0.717, 1.165) is 34.0 Å². The number of ether oxygens (including phenoxy) is 3. The Labute approximate surface area is 198 Å². The van der Waals surface area contributed by atoms with E-state index in [0.29, 0.717) is 48.5 Å². The largest absolute Gasteiger partial charge is 0.490 e. The SMILES string of the molecule is CCOc1cc(C(=O)Nc2c3c(nn2-c2ccccc2C)CSC3)cc(OCC)c1OCC. The van der Waals surface area contributed by atoms with Gasteiger partial charge in [0.1, 0.15) is 5.82 Å². The van der Waals surface area contributed by atoms with E-state index in [1.165, 1.54) is 0 Å². The summed E-state index contributed by atoms with van der Waals surface area (Å²) in [7, 11) is 0. The van der Waals surface area contributed by atoms with Crippen molar-refractivity contribution in [2.24, 2.45) is 0 Å². The number of hydrogen-bond donors (Lipinski definition) is 1. The smallest absolute Gasteiger partial charge is 0.257 e. The molecule has 174 valence electrons. The van der Waals surface area contributed by atoms with Crippen LogP contribution in [0.5, 0.6) is 17.2 Å². The van der Waals surface area contributed by atoms with E-state index in [2.05, 4.69) is 5.32 Å². The minimum absolute atomic E-state index is 0.255. The molecule has 1 amide bonds. The Balaban J connectivity index is 1.74. The standard InChI is InChI=1S/C25H29N3O4S/c1-5-30-21-12-17(13-22(31-6-2)23(21)32-7-3)25(29)26-24-18-14-33-15-19(18)27-28(24)20-11-9-8-10-16(20)4/h8-13H,5-7,14-15H2,1-4H3,(H,26,29). The van der Waals surface area contributed by atoms with Crippen molar-refractivity contribution in [1.82, 2.24) is 9.78 Å². The summed E-state index contributed by atoms with van der Waals surface area (Å²) in [5, 5.41) is 7.93. The highest BCUT2D eigenvalue weighted by molar-refractivity contribution is 7.98. The number of fused-ring (bicyclic) bond motifs is 1. The number of para-hydroxylation sites is 1. The average molecular weight is 468 g/mol. The van der Waals surface area contributed by atoms with Crippen LogP contribution < -0.4 is 19.5 Å². The van der Waals surface area contributed by atoms with Crippen LogP contribution in [0, 0.1) is 6.92 Å². The fourth-order valence-corrected chi connectivity index (χ4v) is 4.85. The van der Waals surface area contributed by atoms with Gasteiger partial charge in [-0.2, -0.15) is 16.9 Å². The Kier molecular flexibility index (Phi) is 7.13. The summed E-state index contributed by atoms with van der Waals surface area (Å²) in [6.07, 6.45) is 0. The number of amides is 1. The topological polar surface area (TPSA) is 74.6 Å². The number of aromatic nitrogens is 2. The maximum atomic E-state index is 13.5. The van der Waals surface area contributed by atoms with Crippen molar-refractivity contribution in [2.75, 3.05) is 25.1 Å². The van der Waals surface area contributed by atoms with E-state index in [-0.39, 0.29) is 5.91 Å². The third kappa shape index (κ3) is 4.66. The number of carbonyl (C=O) groups excluding carboxylic acids is 1. The molecule has 0 aliphatic carbocycles. The predicted molar refractivity (Wildman–Crippen MR) is 131 cm³/mol. The molecule has 0 fully saturated rings. The van der Waals surface area contributed by atoms with Crippen LogP contribution in [0.3, 0.4) is 0 Å². The third-order valence-electron chi connectivity index (χ3n) is 5.30. The first-order chi connectivity index (χ1) is 16.1. The van der Waals surface area contributed by atoms with Crippen molar-refractivity contribution < 1.29 is 19.0 Å². The van der Waals surface area contributed by atoms with Gasteiger partial charge >= 0.3 is 0 Å². The molecule has 0 saturated heterocycles. The fourth-order valence-electron chi connectivity index (χ4n) is 3.82. The lowest BCUT2D eigenvalue weighted by molar-refractivity contribution is 0.102. The maximum Gasteiger partial charge on any atom is 0.257 e. The Morgan fingerprint density at radius 3 is 2.33 bits per heavy atom. The van der Waals surface area contributed by atoms with Crippen molar-refractivity contribution in [2.45, 2.75) is 39.2 Å². The second-order valence-electron chi connectivity index (χ2n) is 7.52. The molecule has 4 rings (SSSR count). The number of aryl methyl sites for hydroxylation is 1. The Morgan fingerprint density at radius 1 is 1.03 bits per heavy atom. The van der Waals surface area contributed by atoms with Crippen molar-refractivity contribution in [3.8, 4) is 22.9 Å². The van der Waals surface area contributed by atoms with Gasteiger partial charge in [-0.3, -0.25) is 4.79 Å². The zero-order chi connectivity index (χ0) is 23.4. The van der Waals surface area contributed by atoms with E-state index in [1.807, 2.05) is 56.6 Å². The second kappa shape index (κ2) is 10.2. The molecule has 7 nitrogen and oxygen atoms in total. The first-order valence-corrected chi connectivity index (χ1v) is 12.3. The number of thioether (sulfide) groups is 1. The van der Waals surface area contributed by atoms with Gasteiger partial charge in [0.2, 0.25) is 5.75 Å². The van der Waals surface area contributed by atoms with Crippen LogP contribution in [0.25, 0.3) is 5.69 Å². The summed E-state index contributed by atoms with van der Waals surface area (Å²) in [5.41, 5.74) is 4.54. The summed E-state index contributed by atoms with van der Waals surface area (Å²) in [6, 6.07) is 11.4. The molecule has 33 heavy (non-hydrogen) atoms. The van der Waals surface area contributed by atoms with Gasteiger partial charge < -0.3 is 19.5 Å². The lowest BCUT2D eigenvalue weighted by atomic mass is 10.1. The molecule has 0 radical (unpaired) electrons. The van der Waals surface area contributed by atoms with E-state index in [9.17, 15) is 4.79 Å². The van der Waals surface area contributed by atoms with Gasteiger partial charge in [-0.05, 0) is 51.5 Å². The van der Waals surface area contributed by atoms with Gasteiger partial charge in [-0.15, -0.1) is 0 Å². The number of nitrogens with zero attached hydrogens (tertiary/aromatic N) is 2. The normalized spacial score (nSPS) is 12.4. The summed E-state index contributed by atoms with van der Waals surface area (Å²) in [5.74, 6) is 3.60. The fraction of sp³-hybridized carbons (Fsp3) is 0.360. The zero-order valence-corrected chi connectivity index (χ0v) is 20.3. The van der Waals surface area contributed by atoms with Crippen LogP contribution in [0.1, 0.15) is 48.0 Å². The summed E-state index contributed by atoms with van der Waals surface area (Å²) in [4.78, 5) is 13.5. The minimum Gasteiger partial charge on any atom is -0.490 e. The van der Waals surface area contributed by atoms with Crippen LogP contribution in [0.15, 0.2) is 36.4 Å². The Bertz CT molecular complexity index is 1130. The van der Waals surface area contributed by atoms with Crippen molar-refractivity contribution >= 4 is 23.5 Å². The van der Waals surface area contributed by atoms with Crippen LogP contribution in [0.4, 0.5) is 5.82 Å². The van der Waals surface area contributed by atoms with Gasteiger partial charge in [0.25, 0.3) is 5.91 Å². The molecule has 1 aliphatic heterocycles. The van der Waals surface area contributed by atoms with E-state index < -0.39 is 0 Å². The number of anilines is 1. The van der Waals surface area contributed by atoms with Gasteiger partial charge in [0.05, 0.1) is 31.2 Å². The van der Waals surface area contributed by atoms with Gasteiger partial charge in [0.15, 0.2) is 11.5 Å². The third-order valence-corrected chi connectivity index (χ3v) is 6.27. The van der Waals surface area contributed by atoms with Crippen LogP contribution in [0.2, 0.25) is 0 Å². The number of nitrogens with one attached hydrogen (secondary N) is 1. The highest BCUT2D eigenvalue weighted by Crippen LogP contribution is 2.40. The number of carbonyl (C=O) groups is 1. The predicted octanol–water partition coefficient (Wildman–Crippen LogP) is 5.38. The van der Waals surface area contributed by atoms with Crippen molar-refractivity contribution in [3.63, 3.8) is 0 Å². The molecule has 0 spiro atoms. The van der Waals surface area contributed by atoms with Crippen molar-refractivity contribution in [1.29, 1.82) is 0 Å². The molecule has 0 atom stereocenters. The maximum absolute atomic E-state index is 13.5. The summed E-state index contributed by atoms with van der Waals surface area (Å²) >= 11 is 1.80. The Morgan fingerprint density at radius 2 is 1.70 bits per heavy atom. The summed E-state index contributed by atoms with van der Waals surface area (Å²) in [6.45, 7) is 9.08. The molecule has 1 aromatic heterocycles. The van der Waals surface area contributed by atoms with Crippen LogP contribution in [-0.2, 0) is 11.5 Å². The first-order valence-electron chi connectivity index (χ1n) is 11.2. The molecular formula is C25H29N3O4S. The van der Waals surface area contributed by atoms with E-state index in [1.54, 1.807) is 23.9 Å². The molecule has 1 aliphatic rings. The number of hydrogen-bond acceptors (Lipinski definition) is 6. The molecule has 0 saturated carbocycles. The Hall–Kier alpha value is -3.13. The van der Waals surface area contributed by atoms with Gasteiger partial charge in [-0.1, -0.05) is 18.2 Å². The highest BCUT2D eigenvalue weighted by Gasteiger charge is 2.26. The number of rotatable bonds is 9. The van der Waals surface area contributed by atoms with Gasteiger partial charge in [-0.25, -0.2) is 4.68 Å². The lowest BCUT2D eigenvalue weighted by Crippen LogP contribution is -2.17. The molecule has 3 aromatic rings. The van der Waals surface area contributed by atoms with Crippen molar-refractivity contribution in [3.05, 3.63) is 58.8 Å². The van der Waals surface area contributed by atoms with Crippen LogP contribution in [-0.4, -0.2) is 35.5 Å². The molecule has 1 N–H and O–H groups in total. The van der Waals surface area contributed by atoms with E-state index in [4.69, 9.17) is 19.3 Å².